The van der Waals surface area contributed by atoms with Crippen LogP contribution in [-0.2, 0) is 0 Å². The average molecular weight is 328 g/mol. The van der Waals surface area contributed by atoms with Crippen LogP contribution in [-0.4, -0.2) is 34.7 Å². The van der Waals surface area contributed by atoms with Crippen molar-refractivity contribution in [3.63, 3.8) is 0 Å². The largest absolute Gasteiger partial charge is 0.497 e. The third-order valence-corrected chi connectivity index (χ3v) is 3.53. The monoisotopic (exact) mass is 328 g/mol. The van der Waals surface area contributed by atoms with E-state index in [2.05, 4.69) is 15.4 Å². The second-order valence-corrected chi connectivity index (χ2v) is 5.10. The summed E-state index contributed by atoms with van der Waals surface area (Å²) in [5.74, 6) is 0.666. The number of fused-ring (bicyclic) bond motifs is 1. The molecule has 3 rings (SSSR count). The van der Waals surface area contributed by atoms with E-state index in [1.165, 1.54) is 23.9 Å². The molecule has 0 unspecified atom stereocenters. The number of H-pyrrole nitrogens is 1. The van der Waals surface area contributed by atoms with Gasteiger partial charge in [-0.2, -0.15) is 0 Å². The third kappa shape index (κ3) is 2.69. The Morgan fingerprint density at radius 3 is 2.75 bits per heavy atom. The summed E-state index contributed by atoms with van der Waals surface area (Å²) in [5.41, 5.74) is 1.27. The van der Waals surface area contributed by atoms with Gasteiger partial charge in [-0.05, 0) is 19.1 Å². The van der Waals surface area contributed by atoms with Gasteiger partial charge in [0.25, 0.3) is 11.5 Å². The molecule has 0 saturated heterocycles. The summed E-state index contributed by atoms with van der Waals surface area (Å²) in [6.07, 6.45) is 1.44. The number of carbonyl (C=O) groups is 1. The zero-order valence-electron chi connectivity index (χ0n) is 13.4. The van der Waals surface area contributed by atoms with Crippen LogP contribution >= 0.6 is 0 Å². The highest BCUT2D eigenvalue weighted by molar-refractivity contribution is 6.08. The number of rotatable bonds is 4. The molecule has 0 atom stereocenters. The maximum Gasteiger partial charge on any atom is 0.272 e. The summed E-state index contributed by atoms with van der Waals surface area (Å²) < 4.78 is 11.6. The molecule has 0 aliphatic rings. The van der Waals surface area contributed by atoms with Gasteiger partial charge in [-0.3, -0.25) is 14.7 Å². The van der Waals surface area contributed by atoms with Crippen molar-refractivity contribution >= 4 is 17.2 Å². The molecule has 1 amide bonds. The lowest BCUT2D eigenvalue weighted by Gasteiger charge is -2.11. The minimum absolute atomic E-state index is 0.258. The zero-order valence-corrected chi connectivity index (χ0v) is 13.4. The molecule has 2 aromatic heterocycles. The normalized spacial score (nSPS) is 10.6. The maximum atomic E-state index is 12.6. The second-order valence-electron chi connectivity index (χ2n) is 5.10. The molecule has 0 spiro atoms. The van der Waals surface area contributed by atoms with E-state index in [-0.39, 0.29) is 16.8 Å². The quantitative estimate of drug-likeness (QED) is 0.758. The Morgan fingerprint density at radius 2 is 2.04 bits per heavy atom. The Balaban J connectivity index is 1.98. The summed E-state index contributed by atoms with van der Waals surface area (Å²) in [6.45, 7) is 1.70. The Morgan fingerprint density at radius 1 is 1.25 bits per heavy atom. The zero-order chi connectivity index (χ0) is 17.3. The first-order chi connectivity index (χ1) is 11.5. The van der Waals surface area contributed by atoms with Crippen LogP contribution in [0.2, 0.25) is 0 Å². The molecule has 8 nitrogen and oxygen atoms in total. The number of methoxy groups -OCH3 is 2. The molecule has 8 heteroatoms. The molecule has 24 heavy (non-hydrogen) atoms. The van der Waals surface area contributed by atoms with Crippen molar-refractivity contribution in [1.29, 1.82) is 0 Å². The predicted molar refractivity (Wildman–Crippen MR) is 88.0 cm³/mol. The number of aryl methyl sites for hydroxylation is 1. The standard InChI is InChI=1S/C16H16N4O4/c1-9-6-14(21)20-15(18-9)11(8-17-20)16(22)19-12-5-4-10(23-2)7-13(12)24-3/h4-8,17H,1-3H3,(H,19,22). The fraction of sp³-hybridized carbons (Fsp3) is 0.188. The molecule has 124 valence electrons. The van der Waals surface area contributed by atoms with Crippen LogP contribution in [0.3, 0.4) is 0 Å². The number of hydrogen-bond acceptors (Lipinski definition) is 5. The summed E-state index contributed by atoms with van der Waals surface area (Å²) >= 11 is 0. The topological polar surface area (TPSA) is 97.7 Å². The van der Waals surface area contributed by atoms with E-state index >= 15 is 0 Å². The molecule has 0 fully saturated rings. The molecule has 1 aromatic carbocycles. The van der Waals surface area contributed by atoms with E-state index in [0.29, 0.717) is 22.9 Å². The molecule has 3 aromatic rings. The van der Waals surface area contributed by atoms with Crippen molar-refractivity contribution in [1.82, 2.24) is 14.6 Å². The number of anilines is 1. The SMILES string of the molecule is COc1ccc(NC(=O)c2c[nH]n3c(=O)cc(C)nc23)c(OC)c1. The van der Waals surface area contributed by atoms with Gasteiger partial charge in [-0.15, -0.1) is 0 Å². The molecule has 2 N–H and O–H groups in total. The van der Waals surface area contributed by atoms with Gasteiger partial charge < -0.3 is 14.8 Å². The average Bonchev–Trinajstić information content (AvgIpc) is 2.99. The van der Waals surface area contributed by atoms with Gasteiger partial charge in [0.2, 0.25) is 0 Å². The van der Waals surface area contributed by atoms with Gasteiger partial charge in [0.1, 0.15) is 17.1 Å². The summed E-state index contributed by atoms with van der Waals surface area (Å²) in [6, 6.07) is 6.44. The number of hydrogen-bond donors (Lipinski definition) is 2. The number of nitrogens with zero attached hydrogens (tertiary/aromatic N) is 2. The van der Waals surface area contributed by atoms with Crippen LogP contribution in [0, 0.1) is 6.92 Å². The van der Waals surface area contributed by atoms with Gasteiger partial charge in [-0.1, -0.05) is 0 Å². The van der Waals surface area contributed by atoms with Crippen LogP contribution in [0.15, 0.2) is 35.3 Å². The molecular formula is C16H16N4O4. The van der Waals surface area contributed by atoms with Crippen molar-refractivity contribution in [2.24, 2.45) is 0 Å². The van der Waals surface area contributed by atoms with Gasteiger partial charge in [0.05, 0.1) is 19.9 Å². The number of amides is 1. The summed E-state index contributed by atoms with van der Waals surface area (Å²) in [5, 5.41) is 5.48. The first kappa shape index (κ1) is 15.6. The number of carbonyl (C=O) groups excluding carboxylic acids is 1. The molecule has 0 radical (unpaired) electrons. The highest BCUT2D eigenvalue weighted by Crippen LogP contribution is 2.29. The first-order valence-electron chi connectivity index (χ1n) is 7.14. The Labute approximate surface area is 137 Å². The molecular weight excluding hydrogens is 312 g/mol. The van der Waals surface area contributed by atoms with E-state index in [9.17, 15) is 9.59 Å². The van der Waals surface area contributed by atoms with E-state index in [1.807, 2.05) is 0 Å². The number of nitrogens with one attached hydrogen (secondary N) is 2. The van der Waals surface area contributed by atoms with Crippen molar-refractivity contribution in [2.45, 2.75) is 6.92 Å². The lowest BCUT2D eigenvalue weighted by Crippen LogP contribution is -2.17. The highest BCUT2D eigenvalue weighted by Gasteiger charge is 2.17. The van der Waals surface area contributed by atoms with Crippen molar-refractivity contribution in [3.05, 3.63) is 52.1 Å². The molecule has 0 aliphatic carbocycles. The van der Waals surface area contributed by atoms with Crippen LogP contribution < -0.4 is 20.3 Å². The van der Waals surface area contributed by atoms with E-state index < -0.39 is 5.91 Å². The third-order valence-electron chi connectivity index (χ3n) is 3.53. The number of aromatic nitrogens is 3. The van der Waals surface area contributed by atoms with Crippen LogP contribution in [0.25, 0.3) is 5.65 Å². The van der Waals surface area contributed by atoms with E-state index in [1.54, 1.807) is 32.2 Å². The fourth-order valence-electron chi connectivity index (χ4n) is 2.35. The van der Waals surface area contributed by atoms with Gasteiger partial charge in [-0.25, -0.2) is 9.50 Å². The van der Waals surface area contributed by atoms with Gasteiger partial charge in [0.15, 0.2) is 5.65 Å². The van der Waals surface area contributed by atoms with Crippen molar-refractivity contribution in [2.75, 3.05) is 19.5 Å². The number of aromatic amines is 1. The van der Waals surface area contributed by atoms with Crippen LogP contribution in [0.1, 0.15) is 16.1 Å². The maximum absolute atomic E-state index is 12.6. The van der Waals surface area contributed by atoms with E-state index in [4.69, 9.17) is 9.47 Å². The number of benzene rings is 1. The minimum Gasteiger partial charge on any atom is -0.497 e. The lowest BCUT2D eigenvalue weighted by molar-refractivity contribution is 0.102. The van der Waals surface area contributed by atoms with Crippen LogP contribution in [0.5, 0.6) is 11.5 Å². The smallest absolute Gasteiger partial charge is 0.272 e. The van der Waals surface area contributed by atoms with Crippen molar-refractivity contribution < 1.29 is 14.3 Å². The van der Waals surface area contributed by atoms with Crippen molar-refractivity contribution in [3.8, 4) is 11.5 Å². The number of ether oxygens (including phenoxy) is 2. The van der Waals surface area contributed by atoms with Gasteiger partial charge in [0, 0.05) is 24.0 Å². The minimum atomic E-state index is -0.408. The Bertz CT molecular complexity index is 974. The molecule has 2 heterocycles. The van der Waals surface area contributed by atoms with Gasteiger partial charge >= 0.3 is 0 Å². The first-order valence-corrected chi connectivity index (χ1v) is 7.14. The Hall–Kier alpha value is -3.29. The van der Waals surface area contributed by atoms with Crippen LogP contribution in [0.4, 0.5) is 5.69 Å². The predicted octanol–water partition coefficient (Wildman–Crippen LogP) is 1.60. The molecule has 0 bridgehead atoms. The summed E-state index contributed by atoms with van der Waals surface area (Å²) in [7, 11) is 3.05. The summed E-state index contributed by atoms with van der Waals surface area (Å²) in [4.78, 5) is 28.7. The molecule has 0 saturated carbocycles. The fourth-order valence-corrected chi connectivity index (χ4v) is 2.35. The lowest BCUT2D eigenvalue weighted by atomic mass is 10.2. The Kier molecular flexibility index (Phi) is 3.95. The van der Waals surface area contributed by atoms with E-state index in [0.717, 1.165) is 0 Å². The highest BCUT2D eigenvalue weighted by atomic mass is 16.5. The second kappa shape index (κ2) is 6.07. The molecule has 0 aliphatic heterocycles.